The van der Waals surface area contributed by atoms with Gasteiger partial charge in [0.15, 0.2) is 0 Å². The quantitative estimate of drug-likeness (QED) is 0.761. The van der Waals surface area contributed by atoms with Crippen LogP contribution in [0.5, 0.6) is 0 Å². The van der Waals surface area contributed by atoms with Crippen LogP contribution in [0.25, 0.3) is 10.8 Å². The summed E-state index contributed by atoms with van der Waals surface area (Å²) < 4.78 is 0. The van der Waals surface area contributed by atoms with Gasteiger partial charge in [-0.15, -0.1) is 0 Å². The van der Waals surface area contributed by atoms with Gasteiger partial charge in [-0.3, -0.25) is 0 Å². The monoisotopic (exact) mass is 211 g/mol. The molecule has 1 aliphatic rings. The number of rotatable bonds is 1. The van der Waals surface area contributed by atoms with Gasteiger partial charge in [0.1, 0.15) is 0 Å². The molecule has 16 heavy (non-hydrogen) atoms. The molecular weight excluding hydrogens is 194 g/mol. The molecule has 3 rings (SSSR count). The van der Waals surface area contributed by atoms with Crippen molar-refractivity contribution in [1.82, 2.24) is 5.32 Å². The first kappa shape index (κ1) is 9.86. The average molecular weight is 211 g/mol. The van der Waals surface area contributed by atoms with E-state index in [1.54, 1.807) is 0 Å². The van der Waals surface area contributed by atoms with Crippen molar-refractivity contribution >= 4 is 10.8 Å². The Labute approximate surface area is 96.5 Å². The Hall–Kier alpha value is -1.34. The van der Waals surface area contributed by atoms with Crippen LogP contribution in [0, 0.1) is 5.92 Å². The summed E-state index contributed by atoms with van der Waals surface area (Å²) in [6, 6.07) is 15.9. The third kappa shape index (κ3) is 1.72. The minimum atomic E-state index is 0.555. The zero-order valence-corrected chi connectivity index (χ0v) is 9.61. The van der Waals surface area contributed by atoms with Crippen molar-refractivity contribution in [3.05, 3.63) is 48.0 Å². The van der Waals surface area contributed by atoms with Gasteiger partial charge in [0.25, 0.3) is 0 Å². The van der Waals surface area contributed by atoms with Gasteiger partial charge >= 0.3 is 0 Å². The largest absolute Gasteiger partial charge is 0.310 e. The number of hydrogen-bond donors (Lipinski definition) is 1. The molecule has 0 radical (unpaired) electrons. The molecule has 0 bridgehead atoms. The first-order valence-corrected chi connectivity index (χ1v) is 6.05. The zero-order chi connectivity index (χ0) is 11.0. The number of benzene rings is 2. The Bertz CT molecular complexity index is 504. The molecule has 1 nitrogen and oxygen atoms in total. The maximum absolute atomic E-state index is 3.59. The van der Waals surface area contributed by atoms with Gasteiger partial charge in [0, 0.05) is 6.04 Å². The molecular formula is C15H17N. The van der Waals surface area contributed by atoms with Crippen molar-refractivity contribution in [1.29, 1.82) is 0 Å². The minimum Gasteiger partial charge on any atom is -0.310 e. The fourth-order valence-electron chi connectivity index (χ4n) is 2.59. The van der Waals surface area contributed by atoms with Gasteiger partial charge in [0.05, 0.1) is 0 Å². The van der Waals surface area contributed by atoms with Crippen molar-refractivity contribution in [2.24, 2.45) is 5.92 Å². The Morgan fingerprint density at radius 1 is 1.06 bits per heavy atom. The molecule has 2 aromatic rings. The van der Waals surface area contributed by atoms with E-state index >= 15 is 0 Å². The van der Waals surface area contributed by atoms with E-state index in [9.17, 15) is 0 Å². The maximum Gasteiger partial charge on any atom is 0.0323 e. The van der Waals surface area contributed by atoms with Crippen LogP contribution >= 0.6 is 0 Å². The van der Waals surface area contributed by atoms with Crippen LogP contribution in [0.3, 0.4) is 0 Å². The lowest BCUT2D eigenvalue weighted by molar-refractivity contribution is 0.612. The van der Waals surface area contributed by atoms with Crippen molar-refractivity contribution in [2.45, 2.75) is 19.4 Å². The number of hydrogen-bond acceptors (Lipinski definition) is 1. The lowest BCUT2D eigenvalue weighted by Gasteiger charge is -2.11. The van der Waals surface area contributed by atoms with Gasteiger partial charge in [-0.05, 0) is 41.3 Å². The molecule has 2 atom stereocenters. The van der Waals surface area contributed by atoms with Gasteiger partial charge in [-0.25, -0.2) is 0 Å². The van der Waals surface area contributed by atoms with E-state index in [1.165, 1.54) is 22.8 Å². The van der Waals surface area contributed by atoms with E-state index in [0.717, 1.165) is 12.5 Å². The summed E-state index contributed by atoms with van der Waals surface area (Å²) in [6.07, 6.45) is 1.26. The van der Waals surface area contributed by atoms with Crippen LogP contribution in [0.15, 0.2) is 42.5 Å². The van der Waals surface area contributed by atoms with Gasteiger partial charge < -0.3 is 5.32 Å². The molecule has 1 aliphatic heterocycles. The average Bonchev–Trinajstić information content (AvgIpc) is 2.75. The van der Waals surface area contributed by atoms with E-state index in [-0.39, 0.29) is 0 Å². The van der Waals surface area contributed by atoms with E-state index < -0.39 is 0 Å². The predicted molar refractivity (Wildman–Crippen MR) is 68.5 cm³/mol. The number of nitrogens with one attached hydrogen (secondary N) is 1. The lowest BCUT2D eigenvalue weighted by atomic mass is 9.98. The molecule has 0 amide bonds. The fraction of sp³-hybridized carbons (Fsp3) is 0.333. The molecule has 2 aromatic carbocycles. The second kappa shape index (κ2) is 3.91. The first-order valence-electron chi connectivity index (χ1n) is 6.05. The molecule has 0 unspecified atom stereocenters. The third-order valence-corrected chi connectivity index (χ3v) is 3.53. The van der Waals surface area contributed by atoms with Crippen LogP contribution in [-0.4, -0.2) is 6.54 Å². The molecule has 1 heteroatoms. The summed E-state index contributed by atoms with van der Waals surface area (Å²) in [5.41, 5.74) is 1.43. The Kier molecular flexibility index (Phi) is 2.41. The fourth-order valence-corrected chi connectivity index (χ4v) is 2.59. The van der Waals surface area contributed by atoms with Crippen LogP contribution < -0.4 is 5.32 Å². The Morgan fingerprint density at radius 2 is 1.88 bits per heavy atom. The zero-order valence-electron chi connectivity index (χ0n) is 9.61. The second-order valence-electron chi connectivity index (χ2n) is 4.91. The molecule has 1 heterocycles. The predicted octanol–water partition coefficient (Wildman–Crippen LogP) is 3.51. The number of fused-ring (bicyclic) bond motifs is 1. The third-order valence-electron chi connectivity index (χ3n) is 3.53. The normalized spacial score (nSPS) is 25.1. The summed E-state index contributed by atoms with van der Waals surface area (Å²) in [5, 5.41) is 6.27. The van der Waals surface area contributed by atoms with Gasteiger partial charge in [0.2, 0.25) is 0 Å². The SMILES string of the molecule is C[C@H]1CN[C@@H](c2ccc3ccccc3c2)C1. The molecule has 1 fully saturated rings. The topological polar surface area (TPSA) is 12.0 Å². The van der Waals surface area contributed by atoms with Crippen LogP contribution in [0.2, 0.25) is 0 Å². The molecule has 1 saturated heterocycles. The van der Waals surface area contributed by atoms with Crippen LogP contribution in [-0.2, 0) is 0 Å². The van der Waals surface area contributed by atoms with E-state index in [0.29, 0.717) is 6.04 Å². The molecule has 0 saturated carbocycles. The highest BCUT2D eigenvalue weighted by Gasteiger charge is 2.21. The molecule has 1 N–H and O–H groups in total. The highest BCUT2D eigenvalue weighted by atomic mass is 14.9. The smallest absolute Gasteiger partial charge is 0.0323 e. The summed E-state index contributed by atoms with van der Waals surface area (Å²) in [5.74, 6) is 0.802. The summed E-state index contributed by atoms with van der Waals surface area (Å²) in [7, 11) is 0. The van der Waals surface area contributed by atoms with Crippen molar-refractivity contribution in [3.8, 4) is 0 Å². The molecule has 82 valence electrons. The molecule has 0 spiro atoms. The summed E-state index contributed by atoms with van der Waals surface area (Å²) in [6.45, 7) is 3.46. The highest BCUT2D eigenvalue weighted by molar-refractivity contribution is 5.83. The van der Waals surface area contributed by atoms with Crippen molar-refractivity contribution in [3.63, 3.8) is 0 Å². The highest BCUT2D eigenvalue weighted by Crippen LogP contribution is 2.28. The minimum absolute atomic E-state index is 0.555. The Balaban J connectivity index is 1.99. The maximum atomic E-state index is 3.59. The van der Waals surface area contributed by atoms with Crippen LogP contribution in [0.4, 0.5) is 0 Å². The van der Waals surface area contributed by atoms with Crippen molar-refractivity contribution < 1.29 is 0 Å². The van der Waals surface area contributed by atoms with Gasteiger partial charge in [-0.1, -0.05) is 43.3 Å². The summed E-state index contributed by atoms with van der Waals surface area (Å²) >= 11 is 0. The lowest BCUT2D eigenvalue weighted by Crippen LogP contribution is -2.13. The Morgan fingerprint density at radius 3 is 2.62 bits per heavy atom. The second-order valence-corrected chi connectivity index (χ2v) is 4.91. The van der Waals surface area contributed by atoms with Crippen LogP contribution in [0.1, 0.15) is 24.9 Å². The molecule has 0 aromatic heterocycles. The van der Waals surface area contributed by atoms with Crippen molar-refractivity contribution in [2.75, 3.05) is 6.54 Å². The standard InChI is InChI=1S/C15H17N/c1-11-8-15(16-10-11)14-7-6-12-4-2-3-5-13(12)9-14/h2-7,9,11,15-16H,8,10H2,1H3/t11-,15-/m1/s1. The van der Waals surface area contributed by atoms with Gasteiger partial charge in [-0.2, -0.15) is 0 Å². The summed E-state index contributed by atoms with van der Waals surface area (Å²) in [4.78, 5) is 0. The van der Waals surface area contributed by atoms with E-state index in [2.05, 4.69) is 54.7 Å². The molecule has 0 aliphatic carbocycles. The first-order chi connectivity index (χ1) is 7.83. The van der Waals surface area contributed by atoms with E-state index in [4.69, 9.17) is 0 Å². The van der Waals surface area contributed by atoms with E-state index in [1.807, 2.05) is 0 Å².